The zero-order chi connectivity index (χ0) is 13.3. The molecule has 0 saturated carbocycles. The molecule has 2 aliphatic rings. The molecule has 0 aliphatic carbocycles. The molecule has 2 saturated heterocycles. The topological polar surface area (TPSA) is 23.6 Å². The normalized spacial score (nSPS) is 30.8. The van der Waals surface area contributed by atoms with Crippen LogP contribution < -0.4 is 0 Å². The van der Waals surface area contributed by atoms with Gasteiger partial charge in [0, 0.05) is 31.1 Å². The number of hydrogen-bond acceptors (Lipinski definition) is 2. The van der Waals surface area contributed by atoms with Crippen LogP contribution in [0.1, 0.15) is 40.0 Å². The second kappa shape index (κ2) is 5.16. The molecule has 1 amide bonds. The lowest BCUT2D eigenvalue weighted by Crippen LogP contribution is -2.46. The van der Waals surface area contributed by atoms with E-state index in [0.717, 1.165) is 32.5 Å². The first kappa shape index (κ1) is 13.8. The number of amides is 1. The van der Waals surface area contributed by atoms with E-state index in [2.05, 4.69) is 4.90 Å². The Balaban J connectivity index is 1.90. The molecule has 2 aliphatic heterocycles. The van der Waals surface area contributed by atoms with Gasteiger partial charge in [0.15, 0.2) is 0 Å². The Hall–Kier alpha value is -0.640. The first-order valence-electron chi connectivity index (χ1n) is 7.05. The summed E-state index contributed by atoms with van der Waals surface area (Å²) in [6, 6.07) is 0.370. The number of nitrogens with zero attached hydrogens (tertiary/aromatic N) is 2. The minimum absolute atomic E-state index is 0.221. The Morgan fingerprint density at radius 3 is 2.50 bits per heavy atom. The van der Waals surface area contributed by atoms with Crippen molar-refractivity contribution in [1.82, 2.24) is 9.80 Å². The number of carbonyl (C=O) groups is 1. The van der Waals surface area contributed by atoms with E-state index >= 15 is 0 Å². The number of hydrogen-bond donors (Lipinski definition) is 0. The molecular weight excluding hydrogens is 231 g/mol. The highest BCUT2D eigenvalue weighted by atomic mass is 19.1. The van der Waals surface area contributed by atoms with Crippen LogP contribution in [0.15, 0.2) is 0 Å². The molecule has 2 rings (SSSR count). The van der Waals surface area contributed by atoms with E-state index < -0.39 is 6.17 Å². The molecule has 2 atom stereocenters. The van der Waals surface area contributed by atoms with Gasteiger partial charge in [0.2, 0.25) is 5.91 Å². The monoisotopic (exact) mass is 256 g/mol. The number of alkyl halides is 1. The lowest BCUT2D eigenvalue weighted by Gasteiger charge is -2.34. The van der Waals surface area contributed by atoms with E-state index in [1.807, 2.05) is 25.7 Å². The van der Waals surface area contributed by atoms with Crippen molar-refractivity contribution in [2.75, 3.05) is 26.2 Å². The number of carbonyl (C=O) groups excluding carboxylic acids is 1. The predicted molar refractivity (Wildman–Crippen MR) is 70.1 cm³/mol. The van der Waals surface area contributed by atoms with Gasteiger partial charge in [-0.1, -0.05) is 20.8 Å². The van der Waals surface area contributed by atoms with Crippen molar-refractivity contribution in [3.8, 4) is 0 Å². The molecule has 0 bridgehead atoms. The van der Waals surface area contributed by atoms with Crippen LogP contribution in [-0.4, -0.2) is 54.1 Å². The molecule has 2 heterocycles. The summed E-state index contributed by atoms with van der Waals surface area (Å²) in [5.41, 5.74) is -0.306. The molecular formula is C14H25FN2O. The lowest BCUT2D eigenvalue weighted by molar-refractivity contribution is -0.138. The Kier molecular flexibility index (Phi) is 3.95. The Bertz CT molecular complexity index is 313. The minimum atomic E-state index is -0.675. The second-order valence-corrected chi connectivity index (χ2v) is 6.68. The number of halogens is 1. The highest BCUT2D eigenvalue weighted by molar-refractivity contribution is 5.81. The van der Waals surface area contributed by atoms with Crippen molar-refractivity contribution in [2.45, 2.75) is 52.2 Å². The number of rotatable bonds is 1. The summed E-state index contributed by atoms with van der Waals surface area (Å²) in [6.07, 6.45) is 1.97. The lowest BCUT2D eigenvalue weighted by atomic mass is 9.95. The van der Waals surface area contributed by atoms with Crippen LogP contribution in [0.4, 0.5) is 4.39 Å². The second-order valence-electron chi connectivity index (χ2n) is 6.68. The highest BCUT2D eigenvalue weighted by Crippen LogP contribution is 2.25. The predicted octanol–water partition coefficient (Wildman–Crippen LogP) is 2.07. The third kappa shape index (κ3) is 3.02. The maximum atomic E-state index is 13.4. The molecule has 2 unspecified atom stereocenters. The van der Waals surface area contributed by atoms with Gasteiger partial charge >= 0.3 is 0 Å². The van der Waals surface area contributed by atoms with Crippen LogP contribution in [0.25, 0.3) is 0 Å². The first-order valence-corrected chi connectivity index (χ1v) is 7.05. The average Bonchev–Trinajstić information content (AvgIpc) is 2.75. The van der Waals surface area contributed by atoms with Gasteiger partial charge in [0.1, 0.15) is 6.17 Å². The fraction of sp³-hybridized carbons (Fsp3) is 0.929. The minimum Gasteiger partial charge on any atom is -0.341 e. The summed E-state index contributed by atoms with van der Waals surface area (Å²) in [4.78, 5) is 16.4. The van der Waals surface area contributed by atoms with Gasteiger partial charge in [-0.15, -0.1) is 0 Å². The quantitative estimate of drug-likeness (QED) is 0.717. The maximum absolute atomic E-state index is 13.4. The van der Waals surface area contributed by atoms with Gasteiger partial charge in [0.05, 0.1) is 0 Å². The van der Waals surface area contributed by atoms with E-state index in [4.69, 9.17) is 0 Å². The first-order chi connectivity index (χ1) is 8.38. The molecule has 0 aromatic heterocycles. The van der Waals surface area contributed by atoms with Crippen LogP contribution >= 0.6 is 0 Å². The third-order valence-corrected chi connectivity index (χ3v) is 4.00. The standard InChI is InChI=1S/C14H25FN2O/c1-14(2,3)13(18)17-8-6-12(10-17)16-7-4-5-11(15)9-16/h11-12H,4-10H2,1-3H3. The molecule has 104 valence electrons. The van der Waals surface area contributed by atoms with E-state index in [1.54, 1.807) is 0 Å². The van der Waals surface area contributed by atoms with Gasteiger partial charge in [-0.25, -0.2) is 4.39 Å². The molecule has 0 N–H and O–H groups in total. The molecule has 18 heavy (non-hydrogen) atoms. The number of piperidine rings is 1. The SMILES string of the molecule is CC(C)(C)C(=O)N1CCC(N2CCCC(F)C2)C1. The zero-order valence-electron chi connectivity index (χ0n) is 11.8. The van der Waals surface area contributed by atoms with Gasteiger partial charge in [-0.2, -0.15) is 0 Å². The zero-order valence-corrected chi connectivity index (χ0v) is 11.8. The summed E-state index contributed by atoms with van der Waals surface area (Å²) in [7, 11) is 0. The van der Waals surface area contributed by atoms with Crippen molar-refractivity contribution >= 4 is 5.91 Å². The van der Waals surface area contributed by atoms with E-state index in [1.165, 1.54) is 0 Å². The molecule has 0 radical (unpaired) electrons. The Morgan fingerprint density at radius 2 is 1.89 bits per heavy atom. The largest absolute Gasteiger partial charge is 0.341 e. The molecule has 0 aromatic carbocycles. The van der Waals surface area contributed by atoms with Crippen LogP contribution in [0.3, 0.4) is 0 Å². The smallest absolute Gasteiger partial charge is 0.228 e. The Labute approximate surface area is 109 Å². The number of likely N-dealkylation sites (tertiary alicyclic amines) is 2. The van der Waals surface area contributed by atoms with Crippen LogP contribution in [0.2, 0.25) is 0 Å². The summed E-state index contributed by atoms with van der Waals surface area (Å²) in [6.45, 7) is 9.03. The van der Waals surface area contributed by atoms with Crippen molar-refractivity contribution < 1.29 is 9.18 Å². The van der Waals surface area contributed by atoms with Gasteiger partial charge < -0.3 is 4.90 Å². The Morgan fingerprint density at radius 1 is 1.17 bits per heavy atom. The summed E-state index contributed by atoms with van der Waals surface area (Å²) >= 11 is 0. The fourth-order valence-corrected chi connectivity index (χ4v) is 2.98. The molecule has 0 spiro atoms. The molecule has 4 heteroatoms. The van der Waals surface area contributed by atoms with Crippen LogP contribution in [0, 0.1) is 5.41 Å². The average molecular weight is 256 g/mol. The molecule has 0 aromatic rings. The van der Waals surface area contributed by atoms with Crippen LogP contribution in [0.5, 0.6) is 0 Å². The third-order valence-electron chi connectivity index (χ3n) is 4.00. The maximum Gasteiger partial charge on any atom is 0.228 e. The summed E-state index contributed by atoms with van der Waals surface area (Å²) in [5, 5.41) is 0. The van der Waals surface area contributed by atoms with Gasteiger partial charge in [-0.05, 0) is 25.8 Å². The van der Waals surface area contributed by atoms with Crippen molar-refractivity contribution in [3.63, 3.8) is 0 Å². The summed E-state index contributed by atoms with van der Waals surface area (Å²) < 4.78 is 13.4. The van der Waals surface area contributed by atoms with E-state index in [-0.39, 0.29) is 11.3 Å². The molecule has 3 nitrogen and oxygen atoms in total. The highest BCUT2D eigenvalue weighted by Gasteiger charge is 2.36. The summed E-state index contributed by atoms with van der Waals surface area (Å²) in [5.74, 6) is 0.221. The van der Waals surface area contributed by atoms with Crippen molar-refractivity contribution in [2.24, 2.45) is 5.41 Å². The van der Waals surface area contributed by atoms with E-state index in [0.29, 0.717) is 19.0 Å². The van der Waals surface area contributed by atoms with Gasteiger partial charge in [-0.3, -0.25) is 9.69 Å². The van der Waals surface area contributed by atoms with Gasteiger partial charge in [0.25, 0.3) is 0 Å². The van der Waals surface area contributed by atoms with Crippen LogP contribution in [-0.2, 0) is 4.79 Å². The fourth-order valence-electron chi connectivity index (χ4n) is 2.98. The van der Waals surface area contributed by atoms with Crippen molar-refractivity contribution in [3.05, 3.63) is 0 Å². The van der Waals surface area contributed by atoms with Crippen molar-refractivity contribution in [1.29, 1.82) is 0 Å². The molecule has 2 fully saturated rings. The van der Waals surface area contributed by atoms with E-state index in [9.17, 15) is 9.18 Å².